The molecule has 1 radical (unpaired) electrons. The van der Waals surface area contributed by atoms with Gasteiger partial charge in [0.1, 0.15) is 0 Å². The lowest BCUT2D eigenvalue weighted by Crippen LogP contribution is -2.10. The van der Waals surface area contributed by atoms with E-state index >= 15 is 0 Å². The Morgan fingerprint density at radius 2 is 1.87 bits per heavy atom. The fourth-order valence-corrected chi connectivity index (χ4v) is 1.22. The third kappa shape index (κ3) is 6.26. The molecule has 0 fully saturated rings. The highest BCUT2D eigenvalue weighted by atomic mass is 16.5. The van der Waals surface area contributed by atoms with Crippen LogP contribution in [0.15, 0.2) is 24.3 Å². The van der Waals surface area contributed by atoms with E-state index in [1.165, 1.54) is 5.56 Å². The van der Waals surface area contributed by atoms with Crippen LogP contribution in [0.5, 0.6) is 0 Å². The van der Waals surface area contributed by atoms with Crippen LogP contribution in [-0.4, -0.2) is 25.9 Å². The molecule has 1 aromatic rings. The highest BCUT2D eigenvalue weighted by molar-refractivity contribution is 5.13. The Morgan fingerprint density at radius 3 is 2.53 bits per heavy atom. The van der Waals surface area contributed by atoms with Crippen LogP contribution in [0.3, 0.4) is 0 Å². The Balaban J connectivity index is 1.98. The normalized spacial score (nSPS) is 10.9. The van der Waals surface area contributed by atoms with E-state index in [1.807, 2.05) is 26.0 Å². The van der Waals surface area contributed by atoms with E-state index in [9.17, 15) is 0 Å². The summed E-state index contributed by atoms with van der Waals surface area (Å²) in [5.74, 6) is 0. The maximum atomic E-state index is 5.45. The van der Waals surface area contributed by atoms with Crippen LogP contribution >= 0.6 is 0 Å². The molecule has 0 saturated carbocycles. The monoisotopic (exact) mass is 207 g/mol. The lowest BCUT2D eigenvalue weighted by Gasteiger charge is -2.07. The zero-order chi connectivity index (χ0) is 10.9. The van der Waals surface area contributed by atoms with Gasteiger partial charge in [-0.05, 0) is 31.9 Å². The van der Waals surface area contributed by atoms with E-state index in [0.717, 1.165) is 13.0 Å². The summed E-state index contributed by atoms with van der Waals surface area (Å²) in [7, 11) is 0. The second-order valence-corrected chi connectivity index (χ2v) is 3.69. The molecule has 2 heteroatoms. The molecule has 15 heavy (non-hydrogen) atoms. The number of hydrogen-bond donors (Lipinski definition) is 0. The maximum absolute atomic E-state index is 5.45. The molecule has 2 nitrogen and oxygen atoms in total. The van der Waals surface area contributed by atoms with Crippen molar-refractivity contribution in [3.8, 4) is 0 Å². The van der Waals surface area contributed by atoms with Crippen molar-refractivity contribution in [2.75, 3.05) is 19.8 Å². The van der Waals surface area contributed by atoms with Gasteiger partial charge in [0.05, 0.1) is 25.9 Å². The first kappa shape index (κ1) is 12.2. The standard InChI is InChI=1S/C13H19O2/c1-12(2)15-11-10-14-9-8-13-6-4-3-5-7-13/h4-7,12H,8-11H2,1-2H3. The van der Waals surface area contributed by atoms with Crippen LogP contribution in [0.4, 0.5) is 0 Å². The topological polar surface area (TPSA) is 18.5 Å². The number of rotatable bonds is 7. The molecule has 83 valence electrons. The Morgan fingerprint density at radius 1 is 1.13 bits per heavy atom. The van der Waals surface area contributed by atoms with Gasteiger partial charge in [-0.2, -0.15) is 0 Å². The van der Waals surface area contributed by atoms with Crippen LogP contribution in [0, 0.1) is 6.07 Å². The van der Waals surface area contributed by atoms with E-state index in [0.29, 0.717) is 19.3 Å². The lowest BCUT2D eigenvalue weighted by molar-refractivity contribution is 0.0204. The van der Waals surface area contributed by atoms with E-state index in [4.69, 9.17) is 9.47 Å². The fraction of sp³-hybridized carbons (Fsp3) is 0.538. The highest BCUT2D eigenvalue weighted by Crippen LogP contribution is 1.99. The third-order valence-electron chi connectivity index (χ3n) is 2.00. The minimum atomic E-state index is 0.290. The van der Waals surface area contributed by atoms with Gasteiger partial charge in [0.25, 0.3) is 0 Å². The molecule has 0 saturated heterocycles. The van der Waals surface area contributed by atoms with Crippen molar-refractivity contribution in [2.24, 2.45) is 0 Å². The van der Waals surface area contributed by atoms with Crippen LogP contribution < -0.4 is 0 Å². The Hall–Kier alpha value is -0.860. The van der Waals surface area contributed by atoms with Crippen molar-refractivity contribution in [2.45, 2.75) is 26.4 Å². The number of ether oxygens (including phenoxy) is 2. The Bertz CT molecular complexity index is 244. The summed E-state index contributed by atoms with van der Waals surface area (Å²) in [6, 6.07) is 11.0. The summed E-state index contributed by atoms with van der Waals surface area (Å²) < 4.78 is 10.8. The lowest BCUT2D eigenvalue weighted by atomic mass is 10.2. The maximum Gasteiger partial charge on any atom is 0.0703 e. The van der Waals surface area contributed by atoms with E-state index in [2.05, 4.69) is 18.2 Å². The minimum Gasteiger partial charge on any atom is -0.379 e. The van der Waals surface area contributed by atoms with Gasteiger partial charge < -0.3 is 9.47 Å². The van der Waals surface area contributed by atoms with Gasteiger partial charge in [-0.3, -0.25) is 0 Å². The first-order chi connectivity index (χ1) is 7.29. The summed E-state index contributed by atoms with van der Waals surface area (Å²) in [6.07, 6.45) is 1.24. The SMILES string of the molecule is CC(C)OCCOCCc1cc[c]cc1. The predicted octanol–water partition coefficient (Wildman–Crippen LogP) is 2.47. The predicted molar refractivity (Wildman–Crippen MR) is 60.9 cm³/mol. The van der Waals surface area contributed by atoms with Gasteiger partial charge in [0.15, 0.2) is 0 Å². The van der Waals surface area contributed by atoms with E-state index in [-0.39, 0.29) is 0 Å². The fourth-order valence-electron chi connectivity index (χ4n) is 1.22. The first-order valence-electron chi connectivity index (χ1n) is 5.43. The Kier molecular flexibility index (Phi) is 6.05. The zero-order valence-corrected chi connectivity index (χ0v) is 9.53. The summed E-state index contributed by atoms with van der Waals surface area (Å²) >= 11 is 0. The molecule has 1 rings (SSSR count). The molecule has 0 unspecified atom stereocenters. The number of benzene rings is 1. The third-order valence-corrected chi connectivity index (χ3v) is 2.00. The zero-order valence-electron chi connectivity index (χ0n) is 9.53. The van der Waals surface area contributed by atoms with Crippen LogP contribution in [-0.2, 0) is 15.9 Å². The second kappa shape index (κ2) is 7.43. The van der Waals surface area contributed by atoms with Gasteiger partial charge in [-0.15, -0.1) is 0 Å². The summed E-state index contributed by atoms with van der Waals surface area (Å²) in [6.45, 7) is 6.17. The summed E-state index contributed by atoms with van der Waals surface area (Å²) in [5.41, 5.74) is 1.29. The quantitative estimate of drug-likeness (QED) is 0.639. The van der Waals surface area contributed by atoms with Gasteiger partial charge in [0.2, 0.25) is 0 Å². The van der Waals surface area contributed by atoms with Gasteiger partial charge in [-0.1, -0.05) is 24.3 Å². The molecule has 1 aromatic carbocycles. The van der Waals surface area contributed by atoms with Crippen LogP contribution in [0.25, 0.3) is 0 Å². The van der Waals surface area contributed by atoms with Gasteiger partial charge in [0, 0.05) is 0 Å². The molecular weight excluding hydrogens is 188 g/mol. The molecule has 0 N–H and O–H groups in total. The largest absolute Gasteiger partial charge is 0.379 e. The van der Waals surface area contributed by atoms with E-state index in [1.54, 1.807) is 0 Å². The molecule has 0 amide bonds. The average molecular weight is 207 g/mol. The average Bonchev–Trinajstić information content (AvgIpc) is 2.24. The Labute approximate surface area is 92.2 Å². The van der Waals surface area contributed by atoms with Crippen molar-refractivity contribution in [1.82, 2.24) is 0 Å². The van der Waals surface area contributed by atoms with Crippen molar-refractivity contribution in [1.29, 1.82) is 0 Å². The molecule has 0 aliphatic rings. The van der Waals surface area contributed by atoms with Gasteiger partial charge in [-0.25, -0.2) is 0 Å². The van der Waals surface area contributed by atoms with Crippen molar-refractivity contribution >= 4 is 0 Å². The molecule has 0 atom stereocenters. The minimum absolute atomic E-state index is 0.290. The van der Waals surface area contributed by atoms with Crippen molar-refractivity contribution < 1.29 is 9.47 Å². The smallest absolute Gasteiger partial charge is 0.0703 e. The summed E-state index contributed by atoms with van der Waals surface area (Å²) in [4.78, 5) is 0. The van der Waals surface area contributed by atoms with Crippen LogP contribution in [0.1, 0.15) is 19.4 Å². The molecule has 0 aliphatic heterocycles. The van der Waals surface area contributed by atoms with Crippen LogP contribution in [0.2, 0.25) is 0 Å². The highest BCUT2D eigenvalue weighted by Gasteiger charge is 1.94. The van der Waals surface area contributed by atoms with Gasteiger partial charge >= 0.3 is 0 Å². The number of hydrogen-bond acceptors (Lipinski definition) is 2. The van der Waals surface area contributed by atoms with Crippen molar-refractivity contribution in [3.63, 3.8) is 0 Å². The summed E-state index contributed by atoms with van der Waals surface area (Å²) in [5, 5.41) is 0. The van der Waals surface area contributed by atoms with E-state index < -0.39 is 0 Å². The molecule has 0 aromatic heterocycles. The second-order valence-electron chi connectivity index (χ2n) is 3.69. The molecule has 0 heterocycles. The first-order valence-corrected chi connectivity index (χ1v) is 5.43. The molecule has 0 bridgehead atoms. The van der Waals surface area contributed by atoms with Crippen molar-refractivity contribution in [3.05, 3.63) is 35.9 Å². The molecular formula is C13H19O2. The molecule has 0 spiro atoms. The molecule has 0 aliphatic carbocycles.